The fraction of sp³-hybridized carbons (Fsp3) is 0.556. The van der Waals surface area contributed by atoms with Crippen LogP contribution >= 0.6 is 0 Å². The molecule has 6 nitrogen and oxygen atoms in total. The van der Waals surface area contributed by atoms with Crippen molar-refractivity contribution in [2.24, 2.45) is 7.05 Å². The van der Waals surface area contributed by atoms with Gasteiger partial charge in [-0.2, -0.15) is 0 Å². The van der Waals surface area contributed by atoms with Gasteiger partial charge in [-0.05, 0) is 6.92 Å². The minimum Gasteiger partial charge on any atom is -0.393 e. The van der Waals surface area contributed by atoms with E-state index in [1.807, 2.05) is 0 Å². The Kier molecular flexibility index (Phi) is 3.31. The summed E-state index contributed by atoms with van der Waals surface area (Å²) in [4.78, 5) is 23.2. The maximum absolute atomic E-state index is 11.6. The van der Waals surface area contributed by atoms with Gasteiger partial charge in [-0.15, -0.1) is 0 Å². The molecular weight excluding hydrogens is 198 g/mol. The lowest BCUT2D eigenvalue weighted by molar-refractivity contribution is 0.101. The van der Waals surface area contributed by atoms with Crippen LogP contribution in [0.5, 0.6) is 0 Å². The summed E-state index contributed by atoms with van der Waals surface area (Å²) < 4.78 is 7.34. The van der Waals surface area contributed by atoms with E-state index < -0.39 is 11.2 Å². The molecular formula is C9H15N3O3. The number of nitrogens with zero attached hydrogens (tertiary/aromatic N) is 2. The highest BCUT2D eigenvalue weighted by molar-refractivity contribution is 5.30. The molecule has 0 bridgehead atoms. The van der Waals surface area contributed by atoms with Crippen molar-refractivity contribution >= 4 is 5.69 Å². The molecule has 0 spiro atoms. The van der Waals surface area contributed by atoms with Crippen LogP contribution in [0.4, 0.5) is 5.69 Å². The van der Waals surface area contributed by atoms with Crippen LogP contribution in [-0.4, -0.2) is 22.3 Å². The smallest absolute Gasteiger partial charge is 0.330 e. The zero-order valence-corrected chi connectivity index (χ0v) is 9.06. The summed E-state index contributed by atoms with van der Waals surface area (Å²) in [6.45, 7) is 1.97. The molecule has 1 heterocycles. The molecule has 0 saturated heterocycles. The second-order valence-corrected chi connectivity index (χ2v) is 3.44. The maximum atomic E-state index is 11.6. The highest BCUT2D eigenvalue weighted by Gasteiger charge is 2.10. The van der Waals surface area contributed by atoms with Gasteiger partial charge >= 0.3 is 5.69 Å². The van der Waals surface area contributed by atoms with Gasteiger partial charge in [-0.1, -0.05) is 0 Å². The lowest BCUT2D eigenvalue weighted by Gasteiger charge is -2.12. The highest BCUT2D eigenvalue weighted by Crippen LogP contribution is 1.92. The first-order chi connectivity index (χ1) is 6.97. The summed E-state index contributed by atoms with van der Waals surface area (Å²) in [5.74, 6) is 0. The van der Waals surface area contributed by atoms with Gasteiger partial charge in [0.2, 0.25) is 0 Å². The van der Waals surface area contributed by atoms with Crippen LogP contribution in [0, 0.1) is 0 Å². The SMILES string of the molecule is COC(C)Cn1c(=O)c(N)cn(C)c1=O. The number of hydrogen-bond acceptors (Lipinski definition) is 4. The molecule has 1 rings (SSSR count). The summed E-state index contributed by atoms with van der Waals surface area (Å²) in [5.41, 5.74) is 4.67. The Morgan fingerprint density at radius 3 is 2.67 bits per heavy atom. The van der Waals surface area contributed by atoms with Crippen molar-refractivity contribution in [2.45, 2.75) is 19.6 Å². The number of rotatable bonds is 3. The molecule has 0 aromatic carbocycles. The number of aryl methyl sites for hydroxylation is 1. The second-order valence-electron chi connectivity index (χ2n) is 3.44. The van der Waals surface area contributed by atoms with Crippen LogP contribution in [0.1, 0.15) is 6.92 Å². The van der Waals surface area contributed by atoms with Gasteiger partial charge in [-0.25, -0.2) is 4.79 Å². The van der Waals surface area contributed by atoms with Gasteiger partial charge < -0.3 is 15.0 Å². The molecule has 0 radical (unpaired) electrons. The van der Waals surface area contributed by atoms with Crippen LogP contribution in [0.25, 0.3) is 0 Å². The van der Waals surface area contributed by atoms with E-state index >= 15 is 0 Å². The van der Waals surface area contributed by atoms with Gasteiger partial charge in [0, 0.05) is 20.4 Å². The predicted octanol–water partition coefficient (Wildman–Crippen LogP) is -0.836. The van der Waals surface area contributed by atoms with E-state index in [1.165, 1.54) is 17.9 Å². The van der Waals surface area contributed by atoms with Crippen LogP contribution in [0.2, 0.25) is 0 Å². The molecule has 15 heavy (non-hydrogen) atoms. The van der Waals surface area contributed by atoms with Crippen LogP contribution in [0.15, 0.2) is 15.8 Å². The molecule has 2 N–H and O–H groups in total. The van der Waals surface area contributed by atoms with Gasteiger partial charge in [0.1, 0.15) is 5.69 Å². The number of anilines is 1. The molecule has 1 aromatic rings. The predicted molar refractivity (Wildman–Crippen MR) is 56.8 cm³/mol. The summed E-state index contributed by atoms with van der Waals surface area (Å²) in [6.07, 6.45) is 1.11. The Hall–Kier alpha value is -1.56. The van der Waals surface area contributed by atoms with E-state index in [0.717, 1.165) is 4.57 Å². The molecule has 1 aromatic heterocycles. The van der Waals surface area contributed by atoms with Crippen molar-refractivity contribution in [1.82, 2.24) is 9.13 Å². The first kappa shape index (κ1) is 11.5. The molecule has 1 atom stereocenters. The van der Waals surface area contributed by atoms with Gasteiger partial charge in [-0.3, -0.25) is 9.36 Å². The molecule has 0 amide bonds. The number of hydrogen-bond donors (Lipinski definition) is 1. The number of nitrogen functional groups attached to an aromatic ring is 1. The number of nitrogens with two attached hydrogens (primary N) is 1. The van der Waals surface area contributed by atoms with Crippen LogP contribution < -0.4 is 17.0 Å². The molecule has 0 saturated carbocycles. The van der Waals surface area contributed by atoms with Crippen molar-refractivity contribution in [3.63, 3.8) is 0 Å². The van der Waals surface area contributed by atoms with Crippen molar-refractivity contribution in [3.8, 4) is 0 Å². The van der Waals surface area contributed by atoms with Crippen molar-refractivity contribution in [3.05, 3.63) is 27.0 Å². The topological polar surface area (TPSA) is 79.2 Å². The highest BCUT2D eigenvalue weighted by atomic mass is 16.5. The average Bonchev–Trinajstić information content (AvgIpc) is 2.21. The molecule has 0 aliphatic heterocycles. The maximum Gasteiger partial charge on any atom is 0.330 e. The van der Waals surface area contributed by atoms with E-state index in [-0.39, 0.29) is 18.3 Å². The van der Waals surface area contributed by atoms with Crippen LogP contribution in [-0.2, 0) is 18.3 Å². The Morgan fingerprint density at radius 2 is 2.13 bits per heavy atom. The first-order valence-corrected chi connectivity index (χ1v) is 4.56. The fourth-order valence-electron chi connectivity index (χ4n) is 1.24. The Morgan fingerprint density at radius 1 is 1.53 bits per heavy atom. The second kappa shape index (κ2) is 4.31. The summed E-state index contributed by atoms with van der Waals surface area (Å²) in [6, 6.07) is 0. The molecule has 6 heteroatoms. The largest absolute Gasteiger partial charge is 0.393 e. The van der Waals surface area contributed by atoms with Gasteiger partial charge in [0.05, 0.1) is 12.6 Å². The molecule has 84 valence electrons. The summed E-state index contributed by atoms with van der Waals surface area (Å²) in [7, 11) is 3.07. The number of ether oxygens (including phenoxy) is 1. The lowest BCUT2D eigenvalue weighted by atomic mass is 10.4. The van der Waals surface area contributed by atoms with E-state index in [9.17, 15) is 9.59 Å². The van der Waals surface area contributed by atoms with E-state index in [4.69, 9.17) is 10.5 Å². The molecule has 0 aliphatic rings. The minimum atomic E-state index is -0.470. The van der Waals surface area contributed by atoms with Crippen molar-refractivity contribution < 1.29 is 4.74 Å². The number of aromatic nitrogens is 2. The zero-order valence-electron chi connectivity index (χ0n) is 9.06. The van der Waals surface area contributed by atoms with Crippen molar-refractivity contribution in [1.29, 1.82) is 0 Å². The third kappa shape index (κ3) is 2.27. The molecule has 0 aliphatic carbocycles. The summed E-state index contributed by atoms with van der Waals surface area (Å²) >= 11 is 0. The standard InChI is InChI=1S/C9H15N3O3/c1-6(15-3)4-12-8(13)7(10)5-11(2)9(12)14/h5-6H,4,10H2,1-3H3. The third-order valence-corrected chi connectivity index (χ3v) is 2.20. The third-order valence-electron chi connectivity index (χ3n) is 2.20. The van der Waals surface area contributed by atoms with Gasteiger partial charge in [0.15, 0.2) is 0 Å². The van der Waals surface area contributed by atoms with E-state index in [1.54, 1.807) is 14.0 Å². The normalized spacial score (nSPS) is 12.7. The van der Waals surface area contributed by atoms with Crippen LogP contribution in [0.3, 0.4) is 0 Å². The fourth-order valence-corrected chi connectivity index (χ4v) is 1.24. The Labute approximate surface area is 86.9 Å². The lowest BCUT2D eigenvalue weighted by Crippen LogP contribution is -2.42. The average molecular weight is 213 g/mol. The molecule has 0 fully saturated rings. The zero-order chi connectivity index (χ0) is 11.6. The monoisotopic (exact) mass is 213 g/mol. The quantitative estimate of drug-likeness (QED) is 0.710. The molecule has 1 unspecified atom stereocenters. The summed E-state index contributed by atoms with van der Waals surface area (Å²) in [5, 5.41) is 0. The van der Waals surface area contributed by atoms with Crippen molar-refractivity contribution in [2.75, 3.05) is 12.8 Å². The van der Waals surface area contributed by atoms with E-state index in [0.29, 0.717) is 0 Å². The van der Waals surface area contributed by atoms with E-state index in [2.05, 4.69) is 0 Å². The Bertz CT molecular complexity index is 426. The minimum absolute atomic E-state index is 0.0559. The van der Waals surface area contributed by atoms with Gasteiger partial charge in [0.25, 0.3) is 5.56 Å². The Balaban J connectivity index is 3.28. The number of methoxy groups -OCH3 is 1. The first-order valence-electron chi connectivity index (χ1n) is 4.56.